The lowest BCUT2D eigenvalue weighted by Gasteiger charge is -2.29. The number of oxazole rings is 2. The minimum absolute atomic E-state index is 0.0877. The van der Waals surface area contributed by atoms with Crippen LogP contribution < -0.4 is 20.7 Å². The van der Waals surface area contributed by atoms with Crippen molar-refractivity contribution in [3.05, 3.63) is 82.8 Å². The van der Waals surface area contributed by atoms with Crippen LogP contribution in [0.2, 0.25) is 0 Å². The van der Waals surface area contributed by atoms with Crippen molar-refractivity contribution in [2.24, 2.45) is 11.8 Å². The van der Waals surface area contributed by atoms with E-state index < -0.39 is 47.6 Å². The summed E-state index contributed by atoms with van der Waals surface area (Å²) in [5, 5.41) is 19.9. The topological polar surface area (TPSA) is 178 Å². The zero-order valence-electron chi connectivity index (χ0n) is 27.2. The fourth-order valence-electron chi connectivity index (χ4n) is 6.67. The average Bonchev–Trinajstić information content (AvgIpc) is 3.82. The summed E-state index contributed by atoms with van der Waals surface area (Å²) in [6.45, 7) is 8.53. The summed E-state index contributed by atoms with van der Waals surface area (Å²) >= 11 is 0. The number of carbonyl (C=O) groups is 3. The number of aliphatic hydroxyl groups excluding tert-OH is 1. The predicted octanol–water partition coefficient (Wildman–Crippen LogP) is 3.74. The molecule has 3 aliphatic rings. The number of fused-ring (bicyclic) bond motifs is 4. The Morgan fingerprint density at radius 1 is 1.10 bits per heavy atom. The maximum absolute atomic E-state index is 14.0. The largest absolute Gasteiger partial charge is 0.469 e. The van der Waals surface area contributed by atoms with Crippen molar-refractivity contribution in [2.45, 2.75) is 77.5 Å². The van der Waals surface area contributed by atoms with Gasteiger partial charge in [-0.3, -0.25) is 14.4 Å². The van der Waals surface area contributed by atoms with E-state index in [1.54, 1.807) is 13.8 Å². The van der Waals surface area contributed by atoms with E-state index in [4.69, 9.17) is 23.3 Å². The van der Waals surface area contributed by atoms with Crippen LogP contribution in [0.3, 0.4) is 0 Å². The van der Waals surface area contributed by atoms with Crippen LogP contribution >= 0.6 is 0 Å². The Kier molecular flexibility index (Phi) is 7.74. The van der Waals surface area contributed by atoms with Crippen molar-refractivity contribution >= 4 is 23.5 Å². The van der Waals surface area contributed by atoms with Gasteiger partial charge < -0.3 is 39.4 Å². The number of benzene rings is 2. The van der Waals surface area contributed by atoms with Gasteiger partial charge in [-0.2, -0.15) is 0 Å². The molecule has 5 heterocycles. The van der Waals surface area contributed by atoms with Gasteiger partial charge in [-0.05, 0) is 35.1 Å². The molecule has 3 aliphatic heterocycles. The van der Waals surface area contributed by atoms with Crippen molar-refractivity contribution in [3.63, 3.8) is 0 Å². The number of ether oxygens (including phenoxy) is 2. The molecule has 4 N–H and O–H groups in total. The van der Waals surface area contributed by atoms with Gasteiger partial charge in [0.25, 0.3) is 0 Å². The monoisotopic (exact) mass is 655 g/mol. The number of aliphatic hydroxyl groups is 1. The van der Waals surface area contributed by atoms with Crippen LogP contribution in [-0.4, -0.2) is 51.2 Å². The maximum atomic E-state index is 14.0. The van der Waals surface area contributed by atoms with Crippen molar-refractivity contribution in [1.29, 1.82) is 0 Å². The van der Waals surface area contributed by atoms with Crippen LogP contribution in [0.4, 0.5) is 5.69 Å². The van der Waals surface area contributed by atoms with Crippen LogP contribution in [-0.2, 0) is 37.6 Å². The van der Waals surface area contributed by atoms with Gasteiger partial charge in [-0.1, -0.05) is 58.0 Å². The zero-order chi connectivity index (χ0) is 33.9. The molecule has 2 aromatic heterocycles. The molecule has 4 bridgehead atoms. The number of anilines is 1. The third kappa shape index (κ3) is 5.09. The first-order valence-corrected chi connectivity index (χ1v) is 16.0. The SMILES string of the molecule is CC(=O)OCc1coc(-c2nc3oc2C24c5ccccc5NC2Oc2ccc(cc24)C[C@H](NC(=O)[C@@H](O)C(C)C)C(=O)NC3C(C)C)n1. The van der Waals surface area contributed by atoms with Gasteiger partial charge in [0.2, 0.25) is 23.6 Å². The molecule has 0 radical (unpaired) electrons. The molecule has 13 heteroatoms. The van der Waals surface area contributed by atoms with E-state index in [-0.39, 0.29) is 36.6 Å². The van der Waals surface area contributed by atoms with E-state index in [0.717, 1.165) is 22.4 Å². The van der Waals surface area contributed by atoms with E-state index in [2.05, 4.69) is 20.9 Å². The van der Waals surface area contributed by atoms with Gasteiger partial charge >= 0.3 is 5.97 Å². The number of nitrogens with zero attached hydrogens (tertiary/aromatic N) is 2. The fourth-order valence-corrected chi connectivity index (χ4v) is 6.67. The van der Waals surface area contributed by atoms with Gasteiger partial charge in [0.05, 0.1) is 0 Å². The smallest absolute Gasteiger partial charge is 0.303 e. The highest BCUT2D eigenvalue weighted by Crippen LogP contribution is 2.59. The number of amides is 2. The van der Waals surface area contributed by atoms with Gasteiger partial charge in [0.1, 0.15) is 47.9 Å². The number of para-hydroxylation sites is 1. The second-order valence-electron chi connectivity index (χ2n) is 13.2. The number of hydrogen-bond donors (Lipinski definition) is 4. The highest BCUT2D eigenvalue weighted by atomic mass is 16.5. The van der Waals surface area contributed by atoms with Gasteiger partial charge in [0.15, 0.2) is 17.7 Å². The molecule has 2 aromatic carbocycles. The third-order valence-electron chi connectivity index (χ3n) is 9.13. The number of nitrogens with one attached hydrogen (secondary N) is 3. The van der Waals surface area contributed by atoms with Crippen LogP contribution in [0.25, 0.3) is 11.6 Å². The molecule has 0 saturated carbocycles. The molecule has 5 atom stereocenters. The number of aromatic nitrogens is 2. The molecule has 48 heavy (non-hydrogen) atoms. The Hall–Kier alpha value is -5.17. The lowest BCUT2D eigenvalue weighted by molar-refractivity contribution is -0.142. The molecular formula is C35H37N5O8. The highest BCUT2D eigenvalue weighted by Gasteiger charge is 2.61. The first kappa shape index (κ1) is 31.4. The Morgan fingerprint density at radius 2 is 1.90 bits per heavy atom. The summed E-state index contributed by atoms with van der Waals surface area (Å²) < 4.78 is 24.4. The summed E-state index contributed by atoms with van der Waals surface area (Å²) in [5.74, 6) is -0.742. The van der Waals surface area contributed by atoms with E-state index in [1.807, 2.05) is 56.3 Å². The summed E-state index contributed by atoms with van der Waals surface area (Å²) in [6.07, 6.45) is -0.378. The molecule has 2 amide bonds. The normalized spacial score (nSPS) is 22.8. The average molecular weight is 656 g/mol. The molecule has 0 saturated heterocycles. The van der Waals surface area contributed by atoms with Gasteiger partial charge in [-0.15, -0.1) is 0 Å². The second kappa shape index (κ2) is 11.8. The molecular weight excluding hydrogens is 618 g/mol. The van der Waals surface area contributed by atoms with Crippen molar-refractivity contribution in [1.82, 2.24) is 20.6 Å². The molecule has 3 unspecified atom stereocenters. The predicted molar refractivity (Wildman–Crippen MR) is 170 cm³/mol. The number of rotatable bonds is 7. The molecule has 1 spiro atoms. The number of carbonyl (C=O) groups excluding carboxylic acids is 3. The molecule has 250 valence electrons. The van der Waals surface area contributed by atoms with Crippen molar-refractivity contribution in [2.75, 3.05) is 5.32 Å². The van der Waals surface area contributed by atoms with Crippen LogP contribution in [0, 0.1) is 11.8 Å². The van der Waals surface area contributed by atoms with Crippen LogP contribution in [0.1, 0.15) is 74.7 Å². The molecule has 4 aromatic rings. The minimum Gasteiger partial charge on any atom is -0.469 e. The third-order valence-corrected chi connectivity index (χ3v) is 9.13. The van der Waals surface area contributed by atoms with E-state index in [1.165, 1.54) is 13.2 Å². The maximum Gasteiger partial charge on any atom is 0.303 e. The van der Waals surface area contributed by atoms with Gasteiger partial charge in [0, 0.05) is 24.6 Å². The van der Waals surface area contributed by atoms with E-state index in [9.17, 15) is 19.5 Å². The summed E-state index contributed by atoms with van der Waals surface area (Å²) in [7, 11) is 0. The lowest BCUT2D eigenvalue weighted by Crippen LogP contribution is -2.52. The lowest BCUT2D eigenvalue weighted by atomic mass is 9.72. The van der Waals surface area contributed by atoms with E-state index in [0.29, 0.717) is 22.9 Å². The van der Waals surface area contributed by atoms with Crippen molar-refractivity contribution < 1.29 is 37.8 Å². The van der Waals surface area contributed by atoms with Gasteiger partial charge in [-0.25, -0.2) is 9.97 Å². The van der Waals surface area contributed by atoms with E-state index >= 15 is 0 Å². The molecule has 7 rings (SSSR count). The summed E-state index contributed by atoms with van der Waals surface area (Å²) in [4.78, 5) is 48.1. The highest BCUT2D eigenvalue weighted by molar-refractivity contribution is 5.90. The molecule has 13 nitrogen and oxygen atoms in total. The molecule has 0 aliphatic carbocycles. The Bertz CT molecular complexity index is 1910. The second-order valence-corrected chi connectivity index (χ2v) is 13.2. The Balaban J connectivity index is 1.45. The van der Waals surface area contributed by atoms with Crippen molar-refractivity contribution in [3.8, 4) is 17.3 Å². The zero-order valence-corrected chi connectivity index (χ0v) is 27.2. The number of esters is 1. The quantitative estimate of drug-likeness (QED) is 0.213. The Morgan fingerprint density at radius 3 is 2.65 bits per heavy atom. The van der Waals surface area contributed by atoms with Crippen LogP contribution in [0.5, 0.6) is 5.75 Å². The molecule has 0 fully saturated rings. The Labute approximate surface area is 276 Å². The summed E-state index contributed by atoms with van der Waals surface area (Å²) in [5.41, 5.74) is 2.87. The standard InChI is InChI=1S/C35H37N5O8/c1-16(2)26-33-40-27(32-36-20(15-46-32)14-45-18(5)41)29(48-33)35-21-8-6-7-9-23(21)38-34(35)47-25-11-10-19(12-22(25)35)13-24(30(43)39-26)37-31(44)28(42)17(3)4/h6-12,15-17,24,26,28,34,38,42H,13-14H2,1-5H3,(H,37,44)(H,39,43)/t24-,26?,28-,34?,35?/m0/s1. The summed E-state index contributed by atoms with van der Waals surface area (Å²) in [6, 6.07) is 11.8. The minimum atomic E-state index is -1.29. The first-order chi connectivity index (χ1) is 23.0. The first-order valence-electron chi connectivity index (χ1n) is 16.0. The fraction of sp³-hybridized carbons (Fsp3) is 0.400. The number of hydrogen-bond acceptors (Lipinski definition) is 11. The van der Waals surface area contributed by atoms with Crippen LogP contribution in [0.15, 0.2) is 57.6 Å².